The molecule has 0 unspecified atom stereocenters. The lowest BCUT2D eigenvalue weighted by Gasteiger charge is -2.20. The first-order valence-corrected chi connectivity index (χ1v) is 9.94. The van der Waals surface area contributed by atoms with Crippen LogP contribution < -0.4 is 10.3 Å². The van der Waals surface area contributed by atoms with Crippen molar-refractivity contribution < 1.29 is 14.4 Å². The van der Waals surface area contributed by atoms with Gasteiger partial charge in [-0.25, -0.2) is 4.98 Å². The number of benzene rings is 1. The number of ether oxygens (including phenoxy) is 2. The van der Waals surface area contributed by atoms with Crippen LogP contribution in [0.15, 0.2) is 23.3 Å². The van der Waals surface area contributed by atoms with E-state index in [9.17, 15) is 14.9 Å². The summed E-state index contributed by atoms with van der Waals surface area (Å²) in [6.45, 7) is 0.493. The van der Waals surface area contributed by atoms with E-state index in [1.165, 1.54) is 27.9 Å². The molecule has 1 aliphatic carbocycles. The highest BCUT2D eigenvalue weighted by Gasteiger charge is 2.23. The first-order valence-electron chi connectivity index (χ1n) is 9.12. The van der Waals surface area contributed by atoms with Crippen LogP contribution in [0, 0.1) is 10.1 Å². The van der Waals surface area contributed by atoms with Gasteiger partial charge in [0, 0.05) is 28.1 Å². The summed E-state index contributed by atoms with van der Waals surface area (Å²) in [5.41, 5.74) is 2.18. The molecule has 9 heteroatoms. The standard InChI is InChI=1S/C19H17N3O5S/c23-19-16-14-3-1-2-4-15(14)28-18(16)20-9-21(19)7-11-5-13(22(24)25)6-12-8-26-10-27-17(11)12/h5-6,9H,1-4,7-8,10H2. The van der Waals surface area contributed by atoms with Crippen LogP contribution in [0.5, 0.6) is 5.75 Å². The zero-order valence-electron chi connectivity index (χ0n) is 15.0. The van der Waals surface area contributed by atoms with Gasteiger partial charge in [0.15, 0.2) is 6.79 Å². The summed E-state index contributed by atoms with van der Waals surface area (Å²) < 4.78 is 12.3. The van der Waals surface area contributed by atoms with Gasteiger partial charge in [-0.05, 0) is 31.2 Å². The maximum Gasteiger partial charge on any atom is 0.270 e. The highest BCUT2D eigenvalue weighted by Crippen LogP contribution is 2.35. The van der Waals surface area contributed by atoms with Crippen molar-refractivity contribution in [2.45, 2.75) is 38.8 Å². The maximum absolute atomic E-state index is 13.2. The van der Waals surface area contributed by atoms with E-state index in [2.05, 4.69) is 4.98 Å². The highest BCUT2D eigenvalue weighted by molar-refractivity contribution is 7.18. The highest BCUT2D eigenvalue weighted by atomic mass is 32.1. The minimum atomic E-state index is -0.447. The summed E-state index contributed by atoms with van der Waals surface area (Å²) in [6, 6.07) is 2.92. The van der Waals surface area contributed by atoms with Crippen molar-refractivity contribution in [3.05, 3.63) is 60.5 Å². The molecule has 0 fully saturated rings. The number of non-ortho nitro benzene ring substituents is 1. The Labute approximate surface area is 163 Å². The lowest BCUT2D eigenvalue weighted by Crippen LogP contribution is -2.23. The monoisotopic (exact) mass is 399 g/mol. The third kappa shape index (κ3) is 2.78. The van der Waals surface area contributed by atoms with Gasteiger partial charge >= 0.3 is 0 Å². The van der Waals surface area contributed by atoms with Gasteiger partial charge in [0.2, 0.25) is 0 Å². The number of aromatic nitrogens is 2. The van der Waals surface area contributed by atoms with Crippen molar-refractivity contribution in [3.8, 4) is 5.75 Å². The first-order chi connectivity index (χ1) is 13.6. The van der Waals surface area contributed by atoms with Crippen LogP contribution in [0.25, 0.3) is 10.2 Å². The number of fused-ring (bicyclic) bond motifs is 4. The summed E-state index contributed by atoms with van der Waals surface area (Å²) in [4.78, 5) is 30.6. The molecule has 1 aromatic carbocycles. The molecule has 0 amide bonds. The molecule has 0 saturated heterocycles. The van der Waals surface area contributed by atoms with Gasteiger partial charge in [-0.1, -0.05) is 0 Å². The number of nitro benzene ring substituents is 1. The van der Waals surface area contributed by atoms with E-state index in [0.29, 0.717) is 22.3 Å². The second kappa shape index (κ2) is 6.68. The van der Waals surface area contributed by atoms with Crippen LogP contribution in [0.2, 0.25) is 0 Å². The molecule has 3 aromatic rings. The molecule has 144 valence electrons. The number of nitrogens with zero attached hydrogens (tertiary/aromatic N) is 3. The second-order valence-electron chi connectivity index (χ2n) is 7.03. The Balaban J connectivity index is 1.62. The van der Waals surface area contributed by atoms with Crippen molar-refractivity contribution in [2.24, 2.45) is 0 Å². The Hall–Kier alpha value is -2.78. The summed E-state index contributed by atoms with van der Waals surface area (Å²) in [6.07, 6.45) is 5.66. The van der Waals surface area contributed by atoms with Gasteiger partial charge in [-0.2, -0.15) is 0 Å². The molecular weight excluding hydrogens is 382 g/mol. The molecule has 0 saturated carbocycles. The average molecular weight is 399 g/mol. The molecule has 0 spiro atoms. The van der Waals surface area contributed by atoms with Crippen LogP contribution in [0.4, 0.5) is 5.69 Å². The summed E-state index contributed by atoms with van der Waals surface area (Å²) >= 11 is 1.60. The average Bonchev–Trinajstić information content (AvgIpc) is 3.09. The van der Waals surface area contributed by atoms with Crippen LogP contribution in [-0.4, -0.2) is 21.3 Å². The van der Waals surface area contributed by atoms with E-state index in [-0.39, 0.29) is 31.2 Å². The van der Waals surface area contributed by atoms with Crippen LogP contribution in [0.1, 0.15) is 34.4 Å². The van der Waals surface area contributed by atoms with Crippen molar-refractivity contribution in [3.63, 3.8) is 0 Å². The quantitative estimate of drug-likeness (QED) is 0.496. The van der Waals surface area contributed by atoms with Crippen LogP contribution in [-0.2, 0) is 30.7 Å². The fourth-order valence-electron chi connectivity index (χ4n) is 3.98. The number of rotatable bonds is 3. The molecule has 5 rings (SSSR count). The lowest BCUT2D eigenvalue weighted by molar-refractivity contribution is -0.385. The molecule has 0 atom stereocenters. The Kier molecular flexibility index (Phi) is 4.13. The second-order valence-corrected chi connectivity index (χ2v) is 8.11. The molecule has 0 bridgehead atoms. The number of hydrogen-bond acceptors (Lipinski definition) is 7. The van der Waals surface area contributed by atoms with Gasteiger partial charge in [0.05, 0.1) is 29.8 Å². The van der Waals surface area contributed by atoms with E-state index in [1.807, 2.05) is 0 Å². The van der Waals surface area contributed by atoms with E-state index in [4.69, 9.17) is 9.47 Å². The SMILES string of the molecule is O=c1c2c3c(sc2ncn1Cc1cc([N+](=O)[O-])cc2c1OCOC2)CCCC3. The number of nitro groups is 1. The van der Waals surface area contributed by atoms with E-state index in [1.54, 1.807) is 11.3 Å². The minimum Gasteiger partial charge on any atom is -0.467 e. The lowest BCUT2D eigenvalue weighted by atomic mass is 9.97. The minimum absolute atomic E-state index is 0.0437. The zero-order chi connectivity index (χ0) is 19.3. The predicted octanol–water partition coefficient (Wildman–Crippen LogP) is 3.16. The van der Waals surface area contributed by atoms with Crippen molar-refractivity contribution in [2.75, 3.05) is 6.79 Å². The zero-order valence-corrected chi connectivity index (χ0v) is 15.8. The van der Waals surface area contributed by atoms with Crippen molar-refractivity contribution >= 4 is 27.2 Å². The molecule has 2 aliphatic rings. The third-order valence-electron chi connectivity index (χ3n) is 5.27. The summed E-state index contributed by atoms with van der Waals surface area (Å²) in [5, 5.41) is 12.0. The van der Waals surface area contributed by atoms with Crippen LogP contribution in [0.3, 0.4) is 0 Å². The summed E-state index contributed by atoms with van der Waals surface area (Å²) in [5.74, 6) is 0.552. The van der Waals surface area contributed by atoms with E-state index < -0.39 is 4.92 Å². The summed E-state index contributed by atoms with van der Waals surface area (Å²) in [7, 11) is 0. The number of aryl methyl sites for hydroxylation is 2. The molecular formula is C19H17N3O5S. The molecule has 0 radical (unpaired) electrons. The predicted molar refractivity (Wildman–Crippen MR) is 103 cm³/mol. The third-order valence-corrected chi connectivity index (χ3v) is 6.46. The number of thiophene rings is 1. The molecule has 1 aliphatic heterocycles. The fourth-order valence-corrected chi connectivity index (χ4v) is 5.20. The Morgan fingerprint density at radius 1 is 1.29 bits per heavy atom. The smallest absolute Gasteiger partial charge is 0.270 e. The largest absolute Gasteiger partial charge is 0.467 e. The Morgan fingerprint density at radius 3 is 3.00 bits per heavy atom. The maximum atomic E-state index is 13.2. The van der Waals surface area contributed by atoms with E-state index in [0.717, 1.165) is 36.1 Å². The van der Waals surface area contributed by atoms with Gasteiger partial charge in [0.25, 0.3) is 11.2 Å². The first kappa shape index (κ1) is 17.3. The molecule has 0 N–H and O–H groups in total. The van der Waals surface area contributed by atoms with E-state index >= 15 is 0 Å². The molecule has 8 nitrogen and oxygen atoms in total. The van der Waals surface area contributed by atoms with Gasteiger partial charge in [-0.3, -0.25) is 19.5 Å². The van der Waals surface area contributed by atoms with Gasteiger partial charge in [-0.15, -0.1) is 11.3 Å². The molecule has 3 heterocycles. The van der Waals surface area contributed by atoms with Gasteiger partial charge in [0.1, 0.15) is 10.6 Å². The molecule has 2 aromatic heterocycles. The number of hydrogen-bond donors (Lipinski definition) is 0. The van der Waals surface area contributed by atoms with Crippen LogP contribution >= 0.6 is 11.3 Å². The Bertz CT molecular complexity index is 1170. The van der Waals surface area contributed by atoms with Gasteiger partial charge < -0.3 is 9.47 Å². The van der Waals surface area contributed by atoms with Crippen molar-refractivity contribution in [1.82, 2.24) is 9.55 Å². The Morgan fingerprint density at radius 2 is 2.14 bits per heavy atom. The molecule has 28 heavy (non-hydrogen) atoms. The topological polar surface area (TPSA) is 96.5 Å². The normalized spacial score (nSPS) is 15.7. The van der Waals surface area contributed by atoms with Crippen molar-refractivity contribution in [1.29, 1.82) is 0 Å². The fraction of sp³-hybridized carbons (Fsp3) is 0.368.